The molecule has 0 saturated carbocycles. The van der Waals surface area contributed by atoms with Crippen LogP contribution < -0.4 is 10.2 Å². The molecule has 0 aromatic heterocycles. The Balaban J connectivity index is 1.75. The number of fused-ring (bicyclic) bond motifs is 1. The zero-order valence-corrected chi connectivity index (χ0v) is 12.9. The number of ether oxygens (including phenoxy) is 1. The highest BCUT2D eigenvalue weighted by Gasteiger charge is 2.29. The third-order valence-corrected chi connectivity index (χ3v) is 4.24. The molecule has 1 aromatic rings. The van der Waals surface area contributed by atoms with Crippen LogP contribution in [0.1, 0.15) is 6.92 Å². The third-order valence-electron chi connectivity index (χ3n) is 4.00. The van der Waals surface area contributed by atoms with E-state index in [1.165, 1.54) is 0 Å². The number of carbonyl (C=O) groups excluding carboxylic acids is 1. The van der Waals surface area contributed by atoms with Gasteiger partial charge in [0.05, 0.1) is 24.6 Å². The number of hydrogen-bond donors (Lipinski definition) is 1. The molecule has 1 N–H and O–H groups in total. The van der Waals surface area contributed by atoms with Crippen molar-refractivity contribution in [3.8, 4) is 0 Å². The van der Waals surface area contributed by atoms with E-state index in [0.29, 0.717) is 11.6 Å². The molecule has 114 valence electrons. The molecule has 1 fully saturated rings. The Morgan fingerprint density at radius 3 is 2.86 bits per heavy atom. The lowest BCUT2D eigenvalue weighted by Crippen LogP contribution is -2.49. The van der Waals surface area contributed by atoms with Gasteiger partial charge in [0, 0.05) is 31.2 Å². The second kappa shape index (κ2) is 6.22. The first kappa shape index (κ1) is 14.6. The molecule has 1 amide bonds. The monoisotopic (exact) mass is 309 g/mol. The average molecular weight is 310 g/mol. The van der Waals surface area contributed by atoms with Gasteiger partial charge in [-0.15, -0.1) is 0 Å². The molecule has 6 heteroatoms. The van der Waals surface area contributed by atoms with Crippen LogP contribution in [0.3, 0.4) is 0 Å². The van der Waals surface area contributed by atoms with Crippen LogP contribution in [0.4, 0.5) is 11.4 Å². The maximum Gasteiger partial charge on any atom is 0.249 e. The predicted octanol–water partition coefficient (Wildman–Crippen LogP) is 1.82. The van der Waals surface area contributed by atoms with Crippen molar-refractivity contribution in [2.75, 3.05) is 49.6 Å². The molecule has 21 heavy (non-hydrogen) atoms. The fourth-order valence-electron chi connectivity index (χ4n) is 2.80. The highest BCUT2D eigenvalue weighted by atomic mass is 35.5. The number of nitrogens with one attached hydrogen (secondary N) is 1. The Morgan fingerprint density at radius 2 is 2.10 bits per heavy atom. The van der Waals surface area contributed by atoms with Gasteiger partial charge in [0.1, 0.15) is 6.04 Å². The van der Waals surface area contributed by atoms with E-state index in [1.54, 1.807) is 0 Å². The molecule has 1 aromatic carbocycles. The quantitative estimate of drug-likeness (QED) is 0.925. The molecule has 2 heterocycles. The number of carbonyl (C=O) groups is 1. The molecule has 0 aliphatic carbocycles. The number of nitrogens with zero attached hydrogens (tertiary/aromatic N) is 2. The van der Waals surface area contributed by atoms with Crippen LogP contribution in [-0.2, 0) is 9.53 Å². The second-order valence-corrected chi connectivity index (χ2v) is 5.91. The number of halogens is 1. The highest BCUT2D eigenvalue weighted by molar-refractivity contribution is 6.31. The van der Waals surface area contributed by atoms with Gasteiger partial charge in [0.15, 0.2) is 0 Å². The van der Waals surface area contributed by atoms with Crippen molar-refractivity contribution in [1.82, 2.24) is 4.90 Å². The summed E-state index contributed by atoms with van der Waals surface area (Å²) in [7, 11) is 0. The Bertz CT molecular complexity index is 532. The van der Waals surface area contributed by atoms with Crippen LogP contribution >= 0.6 is 11.6 Å². The second-order valence-electron chi connectivity index (χ2n) is 5.47. The van der Waals surface area contributed by atoms with E-state index in [9.17, 15) is 4.79 Å². The lowest BCUT2D eigenvalue weighted by Gasteiger charge is -2.36. The van der Waals surface area contributed by atoms with E-state index < -0.39 is 0 Å². The van der Waals surface area contributed by atoms with Crippen LogP contribution in [0.15, 0.2) is 18.2 Å². The number of rotatable bonds is 3. The SMILES string of the molecule is CC1Nc2cc(Cl)ccc2N(CCN2CCOCC2)C1=O. The molecule has 1 atom stereocenters. The smallest absolute Gasteiger partial charge is 0.249 e. The molecule has 0 spiro atoms. The minimum absolute atomic E-state index is 0.109. The van der Waals surface area contributed by atoms with Gasteiger partial charge in [-0.3, -0.25) is 9.69 Å². The summed E-state index contributed by atoms with van der Waals surface area (Å²) >= 11 is 6.04. The fourth-order valence-corrected chi connectivity index (χ4v) is 2.98. The summed E-state index contributed by atoms with van der Waals surface area (Å²) in [5.74, 6) is 0.109. The van der Waals surface area contributed by atoms with Crippen molar-refractivity contribution in [2.24, 2.45) is 0 Å². The van der Waals surface area contributed by atoms with Gasteiger partial charge >= 0.3 is 0 Å². The first-order chi connectivity index (χ1) is 10.1. The van der Waals surface area contributed by atoms with Gasteiger partial charge in [-0.2, -0.15) is 0 Å². The molecular weight excluding hydrogens is 290 g/mol. The topological polar surface area (TPSA) is 44.8 Å². The molecule has 0 bridgehead atoms. The standard InChI is InChI=1S/C15H20ClN3O2/c1-11-15(20)19(5-4-18-6-8-21-9-7-18)14-3-2-12(16)10-13(14)17-11/h2-3,10-11,17H,4-9H2,1H3. The molecule has 2 aliphatic heterocycles. The number of amides is 1. The molecule has 1 saturated heterocycles. The van der Waals surface area contributed by atoms with Gasteiger partial charge in [-0.05, 0) is 25.1 Å². The average Bonchev–Trinajstić information content (AvgIpc) is 2.49. The van der Waals surface area contributed by atoms with Crippen molar-refractivity contribution in [3.05, 3.63) is 23.2 Å². The van der Waals surface area contributed by atoms with Gasteiger partial charge in [0.2, 0.25) is 5.91 Å². The molecule has 1 unspecified atom stereocenters. The van der Waals surface area contributed by atoms with Crippen LogP contribution in [0.5, 0.6) is 0 Å². The summed E-state index contributed by atoms with van der Waals surface area (Å²) in [6.07, 6.45) is 0. The molecule has 2 aliphatic rings. The first-order valence-electron chi connectivity index (χ1n) is 7.33. The van der Waals surface area contributed by atoms with Crippen LogP contribution in [0.25, 0.3) is 0 Å². The molecule has 0 radical (unpaired) electrons. The summed E-state index contributed by atoms with van der Waals surface area (Å²) in [6, 6.07) is 5.39. The van der Waals surface area contributed by atoms with E-state index >= 15 is 0 Å². The maximum absolute atomic E-state index is 12.4. The highest BCUT2D eigenvalue weighted by Crippen LogP contribution is 2.33. The largest absolute Gasteiger partial charge is 0.379 e. The van der Waals surface area contributed by atoms with Gasteiger partial charge < -0.3 is 15.0 Å². The maximum atomic E-state index is 12.4. The molecule has 5 nitrogen and oxygen atoms in total. The summed E-state index contributed by atoms with van der Waals surface area (Å²) in [5.41, 5.74) is 1.84. The third kappa shape index (κ3) is 3.15. The lowest BCUT2D eigenvalue weighted by atomic mass is 10.1. The van der Waals surface area contributed by atoms with Crippen LogP contribution in [0.2, 0.25) is 5.02 Å². The Labute approximate surface area is 129 Å². The number of anilines is 2. The van der Waals surface area contributed by atoms with E-state index in [2.05, 4.69) is 10.2 Å². The van der Waals surface area contributed by atoms with Gasteiger partial charge in [-0.1, -0.05) is 11.6 Å². The zero-order valence-electron chi connectivity index (χ0n) is 12.1. The zero-order chi connectivity index (χ0) is 14.8. The van der Waals surface area contributed by atoms with E-state index in [-0.39, 0.29) is 11.9 Å². The molecule has 3 rings (SSSR count). The normalized spacial score (nSPS) is 22.9. The van der Waals surface area contributed by atoms with Crippen molar-refractivity contribution < 1.29 is 9.53 Å². The van der Waals surface area contributed by atoms with Crippen molar-refractivity contribution >= 4 is 28.9 Å². The summed E-state index contributed by atoms with van der Waals surface area (Å²) in [5, 5.41) is 3.89. The van der Waals surface area contributed by atoms with Crippen LogP contribution in [-0.4, -0.2) is 56.2 Å². The van der Waals surface area contributed by atoms with E-state index in [0.717, 1.165) is 44.2 Å². The lowest BCUT2D eigenvalue weighted by molar-refractivity contribution is -0.119. The Morgan fingerprint density at radius 1 is 1.33 bits per heavy atom. The van der Waals surface area contributed by atoms with E-state index in [1.807, 2.05) is 30.0 Å². The van der Waals surface area contributed by atoms with Crippen molar-refractivity contribution in [2.45, 2.75) is 13.0 Å². The van der Waals surface area contributed by atoms with Crippen LogP contribution in [0, 0.1) is 0 Å². The van der Waals surface area contributed by atoms with Gasteiger partial charge in [0.25, 0.3) is 0 Å². The predicted molar refractivity (Wildman–Crippen MR) is 84.1 cm³/mol. The van der Waals surface area contributed by atoms with E-state index in [4.69, 9.17) is 16.3 Å². The Hall–Kier alpha value is -1.30. The minimum atomic E-state index is -0.222. The fraction of sp³-hybridized carbons (Fsp3) is 0.533. The molecular formula is C15H20ClN3O2. The Kier molecular flexibility index (Phi) is 4.33. The van der Waals surface area contributed by atoms with Crippen molar-refractivity contribution in [3.63, 3.8) is 0 Å². The first-order valence-corrected chi connectivity index (χ1v) is 7.70. The number of morpholine rings is 1. The summed E-state index contributed by atoms with van der Waals surface area (Å²) in [6.45, 7) is 6.86. The summed E-state index contributed by atoms with van der Waals surface area (Å²) < 4.78 is 5.35. The number of hydrogen-bond acceptors (Lipinski definition) is 4. The minimum Gasteiger partial charge on any atom is -0.379 e. The summed E-state index contributed by atoms with van der Waals surface area (Å²) in [4.78, 5) is 16.6. The van der Waals surface area contributed by atoms with Crippen molar-refractivity contribution in [1.29, 1.82) is 0 Å². The number of benzene rings is 1. The van der Waals surface area contributed by atoms with Gasteiger partial charge in [-0.25, -0.2) is 0 Å².